The van der Waals surface area contributed by atoms with Crippen molar-refractivity contribution in [2.24, 2.45) is 0 Å². The lowest BCUT2D eigenvalue weighted by molar-refractivity contribution is 0.171. The van der Waals surface area contributed by atoms with E-state index in [1.54, 1.807) is 0 Å². The fourth-order valence-corrected chi connectivity index (χ4v) is 2.28. The number of fused-ring (bicyclic) bond motifs is 1. The van der Waals surface area contributed by atoms with Crippen molar-refractivity contribution in [3.63, 3.8) is 0 Å². The second-order valence-corrected chi connectivity index (χ2v) is 6.17. The summed E-state index contributed by atoms with van der Waals surface area (Å²) in [5.74, 6) is 0. The van der Waals surface area contributed by atoms with Gasteiger partial charge in [0.1, 0.15) is 0 Å². The van der Waals surface area contributed by atoms with Gasteiger partial charge in [-0.1, -0.05) is 11.6 Å². The highest BCUT2D eigenvalue weighted by Gasteiger charge is 2.22. The second kappa shape index (κ2) is 4.43. The highest BCUT2D eigenvalue weighted by Crippen LogP contribution is 2.24. The van der Waals surface area contributed by atoms with Crippen LogP contribution in [0.4, 0.5) is 0 Å². The van der Waals surface area contributed by atoms with Gasteiger partial charge >= 0.3 is 0 Å². The third kappa shape index (κ3) is 2.30. The van der Waals surface area contributed by atoms with E-state index in [0.717, 1.165) is 6.54 Å². The van der Waals surface area contributed by atoms with Gasteiger partial charge < -0.3 is 9.47 Å². The SMILES string of the molecule is Cc1ccc2c(c1)c(C)cn2CC(C)(C)N(C)C. The Morgan fingerprint density at radius 2 is 1.83 bits per heavy atom. The Morgan fingerprint density at radius 1 is 1.17 bits per heavy atom. The molecule has 2 aromatic rings. The summed E-state index contributed by atoms with van der Waals surface area (Å²) in [5, 5.41) is 1.38. The smallest absolute Gasteiger partial charge is 0.0483 e. The Balaban J connectivity index is 2.47. The van der Waals surface area contributed by atoms with Crippen LogP contribution in [0.25, 0.3) is 10.9 Å². The number of aromatic nitrogens is 1. The van der Waals surface area contributed by atoms with E-state index in [-0.39, 0.29) is 5.54 Å². The lowest BCUT2D eigenvalue weighted by atomic mass is 10.0. The van der Waals surface area contributed by atoms with Crippen LogP contribution in [0.2, 0.25) is 0 Å². The average molecular weight is 244 g/mol. The number of benzene rings is 1. The predicted octanol–water partition coefficient (Wildman–Crippen LogP) is 3.60. The molecule has 0 unspecified atom stereocenters. The minimum atomic E-state index is 0.156. The Morgan fingerprint density at radius 3 is 2.44 bits per heavy atom. The predicted molar refractivity (Wildman–Crippen MR) is 79.2 cm³/mol. The number of rotatable bonds is 3. The van der Waals surface area contributed by atoms with Crippen LogP contribution in [0, 0.1) is 13.8 Å². The van der Waals surface area contributed by atoms with Gasteiger partial charge in [0.25, 0.3) is 0 Å². The molecule has 0 aliphatic carbocycles. The summed E-state index contributed by atoms with van der Waals surface area (Å²) in [7, 11) is 4.28. The molecule has 2 heteroatoms. The van der Waals surface area contributed by atoms with E-state index in [1.165, 1.54) is 22.0 Å². The van der Waals surface area contributed by atoms with Gasteiger partial charge in [0.15, 0.2) is 0 Å². The fraction of sp³-hybridized carbons (Fsp3) is 0.500. The Bertz CT molecular complexity index is 562. The topological polar surface area (TPSA) is 8.17 Å². The summed E-state index contributed by atoms with van der Waals surface area (Å²) in [6.45, 7) is 9.92. The molecule has 1 aromatic carbocycles. The Kier molecular flexibility index (Phi) is 3.24. The lowest BCUT2D eigenvalue weighted by Crippen LogP contribution is -2.41. The molecule has 0 amide bonds. The molecular formula is C16H24N2. The van der Waals surface area contributed by atoms with Crippen molar-refractivity contribution in [2.75, 3.05) is 14.1 Å². The standard InChI is InChI=1S/C16H24N2/c1-12-7-8-15-14(9-12)13(2)10-18(15)11-16(3,4)17(5)6/h7-10H,11H2,1-6H3. The summed E-state index contributed by atoms with van der Waals surface area (Å²) in [6.07, 6.45) is 2.27. The van der Waals surface area contributed by atoms with E-state index in [1.807, 2.05) is 0 Å². The molecule has 0 saturated heterocycles. The first-order valence-electron chi connectivity index (χ1n) is 6.55. The van der Waals surface area contributed by atoms with Crippen LogP contribution in [-0.4, -0.2) is 29.1 Å². The summed E-state index contributed by atoms with van der Waals surface area (Å²) < 4.78 is 2.38. The maximum absolute atomic E-state index is 2.38. The summed E-state index contributed by atoms with van der Waals surface area (Å²) in [6, 6.07) is 6.72. The Labute approximate surface area is 110 Å². The summed E-state index contributed by atoms with van der Waals surface area (Å²) in [5.41, 5.74) is 4.19. The maximum Gasteiger partial charge on any atom is 0.0483 e. The molecule has 0 fully saturated rings. The Hall–Kier alpha value is -1.28. The van der Waals surface area contributed by atoms with E-state index in [9.17, 15) is 0 Å². The zero-order valence-corrected chi connectivity index (χ0v) is 12.4. The van der Waals surface area contributed by atoms with Crippen LogP contribution in [0.15, 0.2) is 24.4 Å². The molecule has 0 N–H and O–H groups in total. The maximum atomic E-state index is 2.38. The first-order chi connectivity index (χ1) is 8.31. The molecule has 1 heterocycles. The van der Waals surface area contributed by atoms with Crippen LogP contribution >= 0.6 is 0 Å². The van der Waals surface area contributed by atoms with E-state index in [4.69, 9.17) is 0 Å². The quantitative estimate of drug-likeness (QED) is 0.801. The van der Waals surface area contributed by atoms with Crippen LogP contribution in [-0.2, 0) is 6.54 Å². The number of aryl methyl sites for hydroxylation is 2. The molecule has 0 saturated carbocycles. The zero-order chi connectivity index (χ0) is 13.5. The van der Waals surface area contributed by atoms with Gasteiger partial charge in [-0.25, -0.2) is 0 Å². The van der Waals surface area contributed by atoms with E-state index in [0.29, 0.717) is 0 Å². The van der Waals surface area contributed by atoms with E-state index in [2.05, 4.69) is 75.7 Å². The van der Waals surface area contributed by atoms with Crippen molar-refractivity contribution in [2.45, 2.75) is 39.8 Å². The fourth-order valence-electron chi connectivity index (χ4n) is 2.28. The summed E-state index contributed by atoms with van der Waals surface area (Å²) >= 11 is 0. The molecule has 0 aliphatic rings. The van der Waals surface area contributed by atoms with Gasteiger partial charge in [0, 0.05) is 29.2 Å². The molecule has 98 valence electrons. The molecule has 0 spiro atoms. The molecule has 18 heavy (non-hydrogen) atoms. The monoisotopic (exact) mass is 244 g/mol. The molecule has 1 aromatic heterocycles. The van der Waals surface area contributed by atoms with Crippen molar-refractivity contribution in [1.29, 1.82) is 0 Å². The van der Waals surface area contributed by atoms with Crippen molar-refractivity contribution < 1.29 is 0 Å². The minimum Gasteiger partial charge on any atom is -0.345 e. The number of likely N-dealkylation sites (N-methyl/N-ethyl adjacent to an activating group) is 1. The highest BCUT2D eigenvalue weighted by atomic mass is 15.2. The molecule has 2 rings (SSSR count). The highest BCUT2D eigenvalue weighted by molar-refractivity contribution is 5.84. The number of hydrogen-bond donors (Lipinski definition) is 0. The second-order valence-electron chi connectivity index (χ2n) is 6.17. The normalized spacial score (nSPS) is 12.6. The average Bonchev–Trinajstić information content (AvgIpc) is 2.54. The van der Waals surface area contributed by atoms with Crippen molar-refractivity contribution in [3.8, 4) is 0 Å². The first-order valence-corrected chi connectivity index (χ1v) is 6.55. The number of nitrogens with zero attached hydrogens (tertiary/aromatic N) is 2. The molecule has 0 radical (unpaired) electrons. The largest absolute Gasteiger partial charge is 0.345 e. The van der Waals surface area contributed by atoms with Gasteiger partial charge in [0.2, 0.25) is 0 Å². The van der Waals surface area contributed by atoms with E-state index < -0.39 is 0 Å². The summed E-state index contributed by atoms with van der Waals surface area (Å²) in [4.78, 5) is 2.28. The molecule has 0 aliphatic heterocycles. The van der Waals surface area contributed by atoms with Crippen LogP contribution in [0.5, 0.6) is 0 Å². The van der Waals surface area contributed by atoms with Crippen molar-refractivity contribution in [1.82, 2.24) is 9.47 Å². The van der Waals surface area contributed by atoms with Crippen LogP contribution in [0.1, 0.15) is 25.0 Å². The lowest BCUT2D eigenvalue weighted by Gasteiger charge is -2.33. The van der Waals surface area contributed by atoms with Crippen molar-refractivity contribution >= 4 is 10.9 Å². The van der Waals surface area contributed by atoms with Gasteiger partial charge in [-0.2, -0.15) is 0 Å². The van der Waals surface area contributed by atoms with Crippen LogP contribution < -0.4 is 0 Å². The van der Waals surface area contributed by atoms with Crippen LogP contribution in [0.3, 0.4) is 0 Å². The van der Waals surface area contributed by atoms with Crippen molar-refractivity contribution in [3.05, 3.63) is 35.5 Å². The first kappa shape index (κ1) is 13.2. The minimum absolute atomic E-state index is 0.156. The molecular weight excluding hydrogens is 220 g/mol. The van der Waals surface area contributed by atoms with E-state index >= 15 is 0 Å². The van der Waals surface area contributed by atoms with Gasteiger partial charge in [0.05, 0.1) is 0 Å². The molecule has 2 nitrogen and oxygen atoms in total. The molecule has 0 atom stereocenters. The molecule has 0 bridgehead atoms. The van der Waals surface area contributed by atoms with Gasteiger partial charge in [-0.15, -0.1) is 0 Å². The van der Waals surface area contributed by atoms with Gasteiger partial charge in [-0.3, -0.25) is 0 Å². The van der Waals surface area contributed by atoms with Gasteiger partial charge in [-0.05, 0) is 59.5 Å². The third-order valence-corrected chi connectivity index (χ3v) is 4.00. The number of hydrogen-bond acceptors (Lipinski definition) is 1. The third-order valence-electron chi connectivity index (χ3n) is 4.00. The zero-order valence-electron chi connectivity index (χ0n) is 12.4.